The van der Waals surface area contributed by atoms with Crippen molar-refractivity contribution in [1.29, 1.82) is 0 Å². The van der Waals surface area contributed by atoms with E-state index in [0.717, 1.165) is 29.1 Å². The second kappa shape index (κ2) is 8.33. The van der Waals surface area contributed by atoms with E-state index in [-0.39, 0.29) is 11.8 Å². The third kappa shape index (κ3) is 4.55. The molecule has 3 aromatic rings. The van der Waals surface area contributed by atoms with Gasteiger partial charge in [0.25, 0.3) is 0 Å². The first-order valence-electron chi connectivity index (χ1n) is 9.90. The van der Waals surface area contributed by atoms with Gasteiger partial charge < -0.3 is 15.2 Å². The number of carbonyl (C=O) groups excluding carboxylic acids is 1. The number of nitrogens with zero attached hydrogens (tertiary/aromatic N) is 3. The lowest BCUT2D eigenvalue weighted by Crippen LogP contribution is -2.41. The van der Waals surface area contributed by atoms with E-state index in [2.05, 4.69) is 20.3 Å². The summed E-state index contributed by atoms with van der Waals surface area (Å²) < 4.78 is 38.0. The summed E-state index contributed by atoms with van der Waals surface area (Å²) in [5.41, 5.74) is 1.12. The summed E-state index contributed by atoms with van der Waals surface area (Å²) in [4.78, 5) is 26.0. The van der Waals surface area contributed by atoms with Crippen molar-refractivity contribution in [1.82, 2.24) is 20.3 Å². The molecule has 0 spiro atoms. The van der Waals surface area contributed by atoms with E-state index in [4.69, 9.17) is 0 Å². The van der Waals surface area contributed by atoms with Gasteiger partial charge in [-0.05, 0) is 37.1 Å². The van der Waals surface area contributed by atoms with Crippen molar-refractivity contribution in [3.63, 3.8) is 0 Å². The van der Waals surface area contributed by atoms with Crippen molar-refractivity contribution in [2.45, 2.75) is 25.4 Å². The molecule has 6 nitrogen and oxygen atoms in total. The highest BCUT2D eigenvalue weighted by atomic mass is 19.4. The molecular formula is C21H22F3N5O. The first-order valence-corrected chi connectivity index (χ1v) is 9.90. The van der Waals surface area contributed by atoms with Gasteiger partial charge in [-0.2, -0.15) is 13.2 Å². The molecule has 1 saturated heterocycles. The second-order valence-corrected chi connectivity index (χ2v) is 7.41. The van der Waals surface area contributed by atoms with Crippen molar-refractivity contribution >= 4 is 22.8 Å². The maximum absolute atomic E-state index is 12.7. The molecule has 0 radical (unpaired) electrons. The van der Waals surface area contributed by atoms with Gasteiger partial charge >= 0.3 is 6.18 Å². The van der Waals surface area contributed by atoms with Crippen LogP contribution < -0.4 is 10.2 Å². The van der Waals surface area contributed by atoms with Gasteiger partial charge in [-0.3, -0.25) is 4.79 Å². The highest BCUT2D eigenvalue weighted by Gasteiger charge is 2.31. The fraction of sp³-hybridized carbons (Fsp3) is 0.381. The monoisotopic (exact) mass is 417 g/mol. The highest BCUT2D eigenvalue weighted by molar-refractivity contribution is 5.79. The van der Waals surface area contributed by atoms with E-state index in [9.17, 15) is 18.0 Å². The van der Waals surface area contributed by atoms with Crippen LogP contribution in [-0.2, 0) is 17.4 Å². The van der Waals surface area contributed by atoms with E-state index in [1.54, 1.807) is 0 Å². The van der Waals surface area contributed by atoms with Crippen LogP contribution in [0.1, 0.15) is 24.2 Å². The fourth-order valence-electron chi connectivity index (χ4n) is 3.68. The standard InChI is InChI=1S/C21H22F3N5O/c22-21(23,24)15-5-6-19(26-13-15)29-11-8-14(9-12-29)20(30)25-10-7-18-27-16-3-1-2-4-17(16)28-18/h1-6,13-14H,7-12H2,(H,25,30)(H,27,28). The molecule has 3 heterocycles. The van der Waals surface area contributed by atoms with Crippen LogP contribution in [0, 0.1) is 5.92 Å². The van der Waals surface area contributed by atoms with Crippen LogP contribution in [0.2, 0.25) is 0 Å². The summed E-state index contributed by atoms with van der Waals surface area (Å²) in [6.45, 7) is 1.67. The molecule has 2 aromatic heterocycles. The number of halogens is 3. The van der Waals surface area contributed by atoms with Crippen molar-refractivity contribution < 1.29 is 18.0 Å². The van der Waals surface area contributed by atoms with Gasteiger partial charge in [0.1, 0.15) is 11.6 Å². The topological polar surface area (TPSA) is 73.9 Å². The molecule has 0 bridgehead atoms. The number of para-hydroxylation sites is 2. The van der Waals surface area contributed by atoms with E-state index < -0.39 is 11.7 Å². The van der Waals surface area contributed by atoms with Crippen LogP contribution in [0.15, 0.2) is 42.6 Å². The maximum Gasteiger partial charge on any atom is 0.417 e. The molecular weight excluding hydrogens is 395 g/mol. The number of hydrogen-bond acceptors (Lipinski definition) is 4. The molecule has 1 aliphatic heterocycles. The smallest absolute Gasteiger partial charge is 0.357 e. The van der Waals surface area contributed by atoms with Crippen LogP contribution in [0.25, 0.3) is 11.0 Å². The molecule has 0 unspecified atom stereocenters. The van der Waals surface area contributed by atoms with Crippen LogP contribution >= 0.6 is 0 Å². The number of H-pyrrole nitrogens is 1. The number of carbonyl (C=O) groups is 1. The molecule has 30 heavy (non-hydrogen) atoms. The average Bonchev–Trinajstić information content (AvgIpc) is 3.16. The molecule has 0 saturated carbocycles. The number of fused-ring (bicyclic) bond motifs is 1. The molecule has 2 N–H and O–H groups in total. The molecule has 1 aliphatic rings. The van der Waals surface area contributed by atoms with Gasteiger partial charge in [-0.25, -0.2) is 9.97 Å². The molecule has 9 heteroatoms. The first kappa shape index (κ1) is 20.2. The Bertz CT molecular complexity index is 974. The van der Waals surface area contributed by atoms with Crippen LogP contribution in [0.4, 0.5) is 19.0 Å². The number of rotatable bonds is 5. The van der Waals surface area contributed by atoms with Crippen LogP contribution in [0.3, 0.4) is 0 Å². The minimum atomic E-state index is -4.39. The maximum atomic E-state index is 12.7. The van der Waals surface area contributed by atoms with Crippen molar-refractivity contribution in [2.75, 3.05) is 24.5 Å². The number of aromatic amines is 1. The fourth-order valence-corrected chi connectivity index (χ4v) is 3.68. The van der Waals surface area contributed by atoms with Gasteiger partial charge in [0.2, 0.25) is 5.91 Å². The zero-order valence-corrected chi connectivity index (χ0v) is 16.2. The predicted molar refractivity (Wildman–Crippen MR) is 107 cm³/mol. The SMILES string of the molecule is O=C(NCCc1nc2ccccc2[nH]1)C1CCN(c2ccc(C(F)(F)F)cn2)CC1. The molecule has 0 atom stereocenters. The zero-order valence-electron chi connectivity index (χ0n) is 16.2. The summed E-state index contributed by atoms with van der Waals surface area (Å²) >= 11 is 0. The van der Waals surface area contributed by atoms with Crippen LogP contribution in [0.5, 0.6) is 0 Å². The van der Waals surface area contributed by atoms with Gasteiger partial charge in [-0.1, -0.05) is 12.1 Å². The van der Waals surface area contributed by atoms with Crippen molar-refractivity contribution in [3.8, 4) is 0 Å². The summed E-state index contributed by atoms with van der Waals surface area (Å²) in [7, 11) is 0. The Balaban J connectivity index is 1.24. The molecule has 158 valence electrons. The lowest BCUT2D eigenvalue weighted by atomic mass is 9.96. The Labute approximate surface area is 171 Å². The van der Waals surface area contributed by atoms with Crippen molar-refractivity contribution in [2.24, 2.45) is 5.92 Å². The molecule has 4 rings (SSSR count). The molecule has 1 fully saturated rings. The number of benzene rings is 1. The summed E-state index contributed by atoms with van der Waals surface area (Å²) in [5.74, 6) is 1.24. The summed E-state index contributed by atoms with van der Waals surface area (Å²) in [5, 5.41) is 2.97. The third-order valence-electron chi connectivity index (χ3n) is 5.36. The van der Waals surface area contributed by atoms with E-state index in [1.807, 2.05) is 29.2 Å². The number of anilines is 1. The Kier molecular flexibility index (Phi) is 5.61. The van der Waals surface area contributed by atoms with Gasteiger partial charge in [0.15, 0.2) is 0 Å². The highest BCUT2D eigenvalue weighted by Crippen LogP contribution is 2.30. The molecule has 1 amide bonds. The van der Waals surface area contributed by atoms with E-state index in [0.29, 0.717) is 44.7 Å². The van der Waals surface area contributed by atoms with E-state index >= 15 is 0 Å². The number of piperidine rings is 1. The predicted octanol–water partition coefficient (Wildman–Crippen LogP) is 3.55. The van der Waals surface area contributed by atoms with Gasteiger partial charge in [0.05, 0.1) is 16.6 Å². The second-order valence-electron chi connectivity index (χ2n) is 7.41. The third-order valence-corrected chi connectivity index (χ3v) is 5.36. The Hall–Kier alpha value is -3.10. The number of alkyl halides is 3. The molecule has 1 aromatic carbocycles. The quantitative estimate of drug-likeness (QED) is 0.666. The molecule has 0 aliphatic carbocycles. The minimum absolute atomic E-state index is 0.00568. The number of imidazole rings is 1. The number of hydrogen-bond donors (Lipinski definition) is 2. The Morgan fingerprint density at radius 2 is 1.93 bits per heavy atom. The van der Waals surface area contributed by atoms with Gasteiger partial charge in [-0.15, -0.1) is 0 Å². The minimum Gasteiger partial charge on any atom is -0.357 e. The number of pyridine rings is 1. The zero-order chi connectivity index (χ0) is 21.1. The number of amides is 1. The number of aromatic nitrogens is 3. The average molecular weight is 417 g/mol. The normalized spacial score (nSPS) is 15.5. The summed E-state index contributed by atoms with van der Waals surface area (Å²) in [6, 6.07) is 10.2. The lowest BCUT2D eigenvalue weighted by molar-refractivity contribution is -0.137. The Morgan fingerprint density at radius 3 is 2.60 bits per heavy atom. The van der Waals surface area contributed by atoms with Gasteiger partial charge in [0, 0.05) is 38.2 Å². The Morgan fingerprint density at radius 1 is 1.17 bits per heavy atom. The summed E-state index contributed by atoms with van der Waals surface area (Å²) in [6.07, 6.45) is -1.64. The largest absolute Gasteiger partial charge is 0.417 e. The number of nitrogens with one attached hydrogen (secondary N) is 2. The van der Waals surface area contributed by atoms with Crippen LogP contribution in [-0.4, -0.2) is 40.5 Å². The lowest BCUT2D eigenvalue weighted by Gasteiger charge is -2.32. The van der Waals surface area contributed by atoms with E-state index in [1.165, 1.54) is 6.07 Å². The first-order chi connectivity index (χ1) is 14.4. The van der Waals surface area contributed by atoms with Crippen molar-refractivity contribution in [3.05, 3.63) is 54.0 Å².